The molecule has 7 nitrogen and oxygen atoms in total. The highest BCUT2D eigenvalue weighted by Crippen LogP contribution is 2.21. The zero-order chi connectivity index (χ0) is 24.8. The van der Waals surface area contributed by atoms with Crippen molar-refractivity contribution in [2.75, 3.05) is 38.6 Å². The zero-order valence-corrected chi connectivity index (χ0v) is 19.3. The normalized spacial score (nSPS) is 14.7. The summed E-state index contributed by atoms with van der Waals surface area (Å²) in [7, 11) is 0. The lowest BCUT2D eigenvalue weighted by Crippen LogP contribution is -2.48. The Bertz CT molecular complexity index is 1210. The summed E-state index contributed by atoms with van der Waals surface area (Å²) in [5.41, 5.74) is 7.29. The van der Waals surface area contributed by atoms with Crippen LogP contribution < -0.4 is 11.1 Å². The number of carbonyl (C=O) groups excluding carboxylic acids is 2. The lowest BCUT2D eigenvalue weighted by atomic mass is 9.96. The fraction of sp³-hybridized carbons (Fsp3) is 0.370. The molecule has 0 radical (unpaired) electrons. The fourth-order valence-electron chi connectivity index (χ4n) is 4.20. The Hall–Kier alpha value is -3.43. The van der Waals surface area contributed by atoms with Gasteiger partial charge in [0.1, 0.15) is 5.82 Å². The summed E-state index contributed by atoms with van der Waals surface area (Å²) in [5.74, 6) is -1.97. The van der Waals surface area contributed by atoms with Gasteiger partial charge in [0.05, 0.1) is 25.8 Å². The molecule has 1 fully saturated rings. The van der Waals surface area contributed by atoms with Crippen LogP contribution in [0.1, 0.15) is 25.0 Å². The van der Waals surface area contributed by atoms with Gasteiger partial charge in [-0.1, -0.05) is 31.7 Å². The van der Waals surface area contributed by atoms with Gasteiger partial charge in [0.25, 0.3) is 0 Å². The summed E-state index contributed by atoms with van der Waals surface area (Å²) in [6.45, 7) is 2.52. The average Bonchev–Trinajstić information content (AvgIpc) is 2.85. The summed E-state index contributed by atoms with van der Waals surface area (Å²) < 4.78 is 32.4. The van der Waals surface area contributed by atoms with Gasteiger partial charge in [-0.15, -0.1) is 0 Å². The first kappa shape index (κ1) is 27.2. The zero-order valence-electron chi connectivity index (χ0n) is 19.3. The standard InChI is InChI=1S/C26H28F2N4O3.CH4/c27-21-5-2-18(14-22(21)28)15-23(31-25(34)16-32-9-11-35-12-10-32)24(33)6-3-17-1-4-20-19(13-17)7-8-30-26(20)29;/h1-2,4-5,7-8,13-14,23H,3,6,9-12,15-16H2,(H2,29,30)(H,31,34);1H4/t23-;/m0./s1. The van der Waals surface area contributed by atoms with Crippen LogP contribution in [0.25, 0.3) is 10.8 Å². The summed E-state index contributed by atoms with van der Waals surface area (Å²) in [6, 6.07) is 10.2. The maximum Gasteiger partial charge on any atom is 0.234 e. The average molecular weight is 499 g/mol. The molecule has 1 aliphatic rings. The van der Waals surface area contributed by atoms with Gasteiger partial charge in [0.2, 0.25) is 5.91 Å². The van der Waals surface area contributed by atoms with Crippen LogP contribution in [0.3, 0.4) is 0 Å². The van der Waals surface area contributed by atoms with Crippen LogP contribution in [-0.4, -0.2) is 60.5 Å². The van der Waals surface area contributed by atoms with Gasteiger partial charge >= 0.3 is 0 Å². The van der Waals surface area contributed by atoms with E-state index in [0.717, 1.165) is 28.5 Å². The Morgan fingerprint density at radius 3 is 2.56 bits per heavy atom. The Balaban J connectivity index is 0.00000361. The van der Waals surface area contributed by atoms with Gasteiger partial charge in [-0.2, -0.15) is 0 Å². The Kier molecular flexibility index (Phi) is 9.44. The van der Waals surface area contributed by atoms with Crippen LogP contribution in [-0.2, 0) is 27.2 Å². The molecule has 0 saturated carbocycles. The summed E-state index contributed by atoms with van der Waals surface area (Å²) in [6.07, 6.45) is 2.35. The molecule has 0 unspecified atom stereocenters. The number of benzene rings is 2. The SMILES string of the molecule is C.Nc1nccc2cc(CCC(=O)[C@H](Cc3ccc(F)c(F)c3)NC(=O)CN3CCOCC3)ccc12. The van der Waals surface area contributed by atoms with Gasteiger partial charge in [0, 0.05) is 31.1 Å². The van der Waals surface area contributed by atoms with E-state index < -0.39 is 17.7 Å². The molecule has 1 aromatic heterocycles. The Morgan fingerprint density at radius 1 is 1.06 bits per heavy atom. The first-order chi connectivity index (χ1) is 16.9. The van der Waals surface area contributed by atoms with Crippen LogP contribution in [0, 0.1) is 11.6 Å². The maximum atomic E-state index is 13.7. The van der Waals surface area contributed by atoms with Crippen molar-refractivity contribution < 1.29 is 23.1 Å². The topological polar surface area (TPSA) is 97.5 Å². The molecule has 9 heteroatoms. The number of halogens is 2. The van der Waals surface area contributed by atoms with Gasteiger partial charge in [-0.25, -0.2) is 13.8 Å². The van der Waals surface area contributed by atoms with Crippen LogP contribution >= 0.6 is 0 Å². The number of hydrogen-bond acceptors (Lipinski definition) is 6. The number of aryl methyl sites for hydroxylation is 1. The largest absolute Gasteiger partial charge is 0.383 e. The number of nitrogens with two attached hydrogens (primary N) is 1. The molecule has 2 heterocycles. The number of fused-ring (bicyclic) bond motifs is 1. The van der Waals surface area contributed by atoms with Crippen molar-refractivity contribution in [2.45, 2.75) is 32.7 Å². The highest BCUT2D eigenvalue weighted by molar-refractivity contribution is 5.92. The molecule has 4 rings (SSSR count). The monoisotopic (exact) mass is 498 g/mol. The number of amides is 1. The highest BCUT2D eigenvalue weighted by Gasteiger charge is 2.23. The summed E-state index contributed by atoms with van der Waals surface area (Å²) in [4.78, 5) is 31.9. The van der Waals surface area contributed by atoms with E-state index in [1.165, 1.54) is 6.07 Å². The summed E-state index contributed by atoms with van der Waals surface area (Å²) in [5, 5.41) is 4.58. The number of nitrogens with one attached hydrogen (secondary N) is 1. The molecule has 3 N–H and O–H groups in total. The number of rotatable bonds is 9. The predicted octanol–water partition coefficient (Wildman–Crippen LogP) is 3.29. The molecule has 0 aliphatic carbocycles. The Morgan fingerprint density at radius 2 is 1.81 bits per heavy atom. The molecule has 192 valence electrons. The summed E-state index contributed by atoms with van der Waals surface area (Å²) >= 11 is 0. The number of Topliss-reactive ketones (excluding diaryl/α,β-unsaturated/α-hetero) is 1. The number of morpholine rings is 1. The maximum absolute atomic E-state index is 13.7. The van der Waals surface area contributed by atoms with E-state index >= 15 is 0 Å². The van der Waals surface area contributed by atoms with Crippen molar-refractivity contribution in [3.63, 3.8) is 0 Å². The van der Waals surface area contributed by atoms with Gasteiger partial charge < -0.3 is 15.8 Å². The van der Waals surface area contributed by atoms with E-state index in [-0.39, 0.29) is 38.5 Å². The second kappa shape index (κ2) is 12.5. The molecule has 0 bridgehead atoms. The number of nitrogens with zero attached hydrogens (tertiary/aromatic N) is 2. The fourth-order valence-corrected chi connectivity index (χ4v) is 4.20. The van der Waals surface area contributed by atoms with Gasteiger partial charge in [-0.05, 0) is 47.6 Å². The molecule has 1 saturated heterocycles. The number of ether oxygens (including phenoxy) is 1. The third-order valence-electron chi connectivity index (χ3n) is 6.14. The first-order valence-electron chi connectivity index (χ1n) is 11.6. The molecule has 0 spiro atoms. The lowest BCUT2D eigenvalue weighted by Gasteiger charge is -2.27. The van der Waals surface area contributed by atoms with Crippen molar-refractivity contribution in [3.05, 3.63) is 71.4 Å². The molecule has 3 aromatic rings. The third kappa shape index (κ3) is 7.05. The van der Waals surface area contributed by atoms with E-state index in [2.05, 4.69) is 10.3 Å². The minimum Gasteiger partial charge on any atom is -0.383 e. The quantitative estimate of drug-likeness (QED) is 0.470. The van der Waals surface area contributed by atoms with Gasteiger partial charge in [-0.3, -0.25) is 14.5 Å². The Labute approximate surface area is 209 Å². The second-order valence-electron chi connectivity index (χ2n) is 8.68. The number of ketones is 1. The van der Waals surface area contributed by atoms with E-state index in [9.17, 15) is 18.4 Å². The highest BCUT2D eigenvalue weighted by atomic mass is 19.2. The van der Waals surface area contributed by atoms with E-state index in [0.29, 0.717) is 44.1 Å². The molecule has 1 amide bonds. The minimum atomic E-state index is -0.988. The van der Waals surface area contributed by atoms with E-state index in [4.69, 9.17) is 10.5 Å². The molecule has 2 aromatic carbocycles. The van der Waals surface area contributed by atoms with Crippen LogP contribution in [0.5, 0.6) is 0 Å². The minimum absolute atomic E-state index is 0. The lowest BCUT2D eigenvalue weighted by molar-refractivity contribution is -0.129. The number of aromatic nitrogens is 1. The number of anilines is 1. The van der Waals surface area contributed by atoms with Crippen molar-refractivity contribution in [1.29, 1.82) is 0 Å². The van der Waals surface area contributed by atoms with Crippen LogP contribution in [0.15, 0.2) is 48.7 Å². The molecular formula is C27H32F2N4O3. The molecule has 36 heavy (non-hydrogen) atoms. The molecular weight excluding hydrogens is 466 g/mol. The molecule has 1 aliphatic heterocycles. The van der Waals surface area contributed by atoms with Crippen molar-refractivity contribution in [1.82, 2.24) is 15.2 Å². The third-order valence-corrected chi connectivity index (χ3v) is 6.14. The number of nitrogen functional groups attached to an aromatic ring is 1. The van der Waals surface area contributed by atoms with E-state index in [1.54, 1.807) is 6.20 Å². The number of pyridine rings is 1. The smallest absolute Gasteiger partial charge is 0.234 e. The van der Waals surface area contributed by atoms with Crippen LogP contribution in [0.2, 0.25) is 0 Å². The van der Waals surface area contributed by atoms with E-state index in [1.807, 2.05) is 29.2 Å². The first-order valence-corrected chi connectivity index (χ1v) is 11.6. The number of carbonyl (C=O) groups is 2. The predicted molar refractivity (Wildman–Crippen MR) is 135 cm³/mol. The van der Waals surface area contributed by atoms with Crippen LogP contribution in [0.4, 0.5) is 14.6 Å². The second-order valence-corrected chi connectivity index (χ2v) is 8.68. The van der Waals surface area contributed by atoms with Gasteiger partial charge in [0.15, 0.2) is 17.4 Å². The molecule has 1 atom stereocenters. The van der Waals surface area contributed by atoms with Crippen molar-refractivity contribution >= 4 is 28.3 Å². The van der Waals surface area contributed by atoms with Crippen molar-refractivity contribution in [3.8, 4) is 0 Å². The van der Waals surface area contributed by atoms with Crippen molar-refractivity contribution in [2.24, 2.45) is 0 Å². The number of hydrogen-bond donors (Lipinski definition) is 2.